The highest BCUT2D eigenvalue weighted by Gasteiger charge is 2.38. The summed E-state index contributed by atoms with van der Waals surface area (Å²) >= 11 is 6.19. The maximum Gasteiger partial charge on any atom is 0.225 e. The number of aromatic nitrogens is 3. The van der Waals surface area contributed by atoms with Gasteiger partial charge in [-0.05, 0) is 29.9 Å². The summed E-state index contributed by atoms with van der Waals surface area (Å²) in [5.41, 5.74) is 0.301. The lowest BCUT2D eigenvalue weighted by molar-refractivity contribution is 0.254. The molecule has 4 heteroatoms. The molecule has 2 rings (SSSR count). The Labute approximate surface area is 102 Å². The molecule has 1 heterocycles. The molecular weight excluding hydrogens is 222 g/mol. The minimum atomic E-state index is 0.301. The van der Waals surface area contributed by atoms with Crippen LogP contribution in [0.2, 0.25) is 5.28 Å². The van der Waals surface area contributed by atoms with Gasteiger partial charge in [0, 0.05) is 12.0 Å². The number of nitrogens with zero attached hydrogens (tertiary/aromatic N) is 3. The molecule has 0 spiro atoms. The van der Waals surface area contributed by atoms with Crippen molar-refractivity contribution >= 4 is 11.6 Å². The van der Waals surface area contributed by atoms with Gasteiger partial charge in [0.1, 0.15) is 5.82 Å². The Balaban J connectivity index is 2.43. The summed E-state index contributed by atoms with van der Waals surface area (Å²) in [6.45, 7) is 8.90. The van der Waals surface area contributed by atoms with Gasteiger partial charge in [-0.3, -0.25) is 4.57 Å². The zero-order chi connectivity index (χ0) is 11.9. The molecule has 16 heavy (non-hydrogen) atoms. The third-order valence-corrected chi connectivity index (χ3v) is 3.97. The Hall–Kier alpha value is -0.570. The summed E-state index contributed by atoms with van der Waals surface area (Å²) in [5.74, 6) is 1.39. The molecule has 0 radical (unpaired) electrons. The van der Waals surface area contributed by atoms with Crippen molar-refractivity contribution < 1.29 is 0 Å². The van der Waals surface area contributed by atoms with Crippen molar-refractivity contribution in [2.75, 3.05) is 0 Å². The van der Waals surface area contributed by atoms with Crippen LogP contribution in [0.5, 0.6) is 0 Å². The van der Waals surface area contributed by atoms with Gasteiger partial charge in [0.25, 0.3) is 0 Å². The fourth-order valence-electron chi connectivity index (χ4n) is 2.75. The van der Waals surface area contributed by atoms with Crippen molar-refractivity contribution in [3.8, 4) is 0 Å². The van der Waals surface area contributed by atoms with Crippen LogP contribution in [0.1, 0.15) is 64.7 Å². The van der Waals surface area contributed by atoms with E-state index in [0.29, 0.717) is 22.7 Å². The molecule has 1 saturated carbocycles. The minimum absolute atomic E-state index is 0.301. The number of halogens is 1. The molecule has 1 aromatic heterocycles. The molecule has 3 nitrogen and oxygen atoms in total. The molecule has 1 fully saturated rings. The maximum atomic E-state index is 6.19. The van der Waals surface area contributed by atoms with Crippen molar-refractivity contribution in [2.24, 2.45) is 5.41 Å². The first kappa shape index (κ1) is 11.9. The van der Waals surface area contributed by atoms with E-state index in [2.05, 4.69) is 42.5 Å². The molecule has 1 aromatic rings. The molecule has 0 aliphatic heterocycles. The highest BCUT2D eigenvalue weighted by atomic mass is 35.5. The highest BCUT2D eigenvalue weighted by Crippen LogP contribution is 2.47. The second-order valence-corrected chi connectivity index (χ2v) is 6.09. The topological polar surface area (TPSA) is 30.7 Å². The SMILES string of the molecule is CC(C)c1nnc(Cl)n1C1CCCC1(C)C. The summed E-state index contributed by atoms with van der Waals surface area (Å²) in [6, 6.07) is 0.451. The average Bonchev–Trinajstić information content (AvgIpc) is 2.68. The van der Waals surface area contributed by atoms with Crippen LogP contribution < -0.4 is 0 Å². The van der Waals surface area contributed by atoms with Crippen molar-refractivity contribution in [2.45, 2.75) is 58.9 Å². The normalized spacial score (nSPS) is 24.2. The van der Waals surface area contributed by atoms with Crippen LogP contribution in [-0.4, -0.2) is 14.8 Å². The summed E-state index contributed by atoms with van der Waals surface area (Å²) < 4.78 is 2.15. The van der Waals surface area contributed by atoms with Gasteiger partial charge in [0.15, 0.2) is 0 Å². The van der Waals surface area contributed by atoms with Crippen LogP contribution in [0, 0.1) is 5.41 Å². The van der Waals surface area contributed by atoms with E-state index in [1.807, 2.05) is 0 Å². The average molecular weight is 242 g/mol. The first-order chi connectivity index (χ1) is 7.43. The van der Waals surface area contributed by atoms with E-state index in [1.54, 1.807) is 0 Å². The van der Waals surface area contributed by atoms with Crippen molar-refractivity contribution in [3.05, 3.63) is 11.1 Å². The second kappa shape index (κ2) is 4.02. The van der Waals surface area contributed by atoms with Gasteiger partial charge in [-0.15, -0.1) is 10.2 Å². The first-order valence-electron chi connectivity index (χ1n) is 6.04. The molecule has 1 aliphatic carbocycles. The van der Waals surface area contributed by atoms with E-state index < -0.39 is 0 Å². The number of hydrogen-bond acceptors (Lipinski definition) is 2. The molecule has 90 valence electrons. The summed E-state index contributed by atoms with van der Waals surface area (Å²) in [6.07, 6.45) is 3.71. The smallest absolute Gasteiger partial charge is 0.225 e. The molecule has 0 bridgehead atoms. The lowest BCUT2D eigenvalue weighted by Gasteiger charge is -2.29. The van der Waals surface area contributed by atoms with Gasteiger partial charge < -0.3 is 0 Å². The fraction of sp³-hybridized carbons (Fsp3) is 0.833. The van der Waals surface area contributed by atoms with Crippen molar-refractivity contribution in [1.29, 1.82) is 0 Å². The Morgan fingerprint density at radius 2 is 2.06 bits per heavy atom. The van der Waals surface area contributed by atoms with E-state index in [-0.39, 0.29) is 0 Å². The molecule has 0 saturated heterocycles. The Kier molecular flexibility index (Phi) is 2.99. The molecular formula is C12H20ClN3. The summed E-state index contributed by atoms with van der Waals surface area (Å²) in [5, 5.41) is 8.78. The van der Waals surface area contributed by atoms with Crippen LogP contribution in [0.15, 0.2) is 0 Å². The van der Waals surface area contributed by atoms with Crippen molar-refractivity contribution in [1.82, 2.24) is 14.8 Å². The van der Waals surface area contributed by atoms with Crippen LogP contribution >= 0.6 is 11.6 Å². The van der Waals surface area contributed by atoms with E-state index in [9.17, 15) is 0 Å². The zero-order valence-corrected chi connectivity index (χ0v) is 11.3. The second-order valence-electron chi connectivity index (χ2n) is 5.75. The number of hydrogen-bond donors (Lipinski definition) is 0. The third-order valence-electron chi connectivity index (χ3n) is 3.71. The van der Waals surface area contributed by atoms with Gasteiger partial charge in [-0.2, -0.15) is 0 Å². The number of rotatable bonds is 2. The quantitative estimate of drug-likeness (QED) is 0.789. The van der Waals surface area contributed by atoms with Crippen LogP contribution in [0.4, 0.5) is 0 Å². The molecule has 1 aliphatic rings. The Morgan fingerprint density at radius 3 is 2.56 bits per heavy atom. The van der Waals surface area contributed by atoms with E-state index in [0.717, 1.165) is 5.82 Å². The van der Waals surface area contributed by atoms with E-state index in [1.165, 1.54) is 19.3 Å². The molecule has 1 atom stereocenters. The zero-order valence-electron chi connectivity index (χ0n) is 10.5. The molecule has 0 aromatic carbocycles. The van der Waals surface area contributed by atoms with Gasteiger partial charge in [0.05, 0.1) is 0 Å². The Bertz CT molecular complexity index is 382. The van der Waals surface area contributed by atoms with Crippen LogP contribution in [0.3, 0.4) is 0 Å². The highest BCUT2D eigenvalue weighted by molar-refractivity contribution is 6.28. The summed E-state index contributed by atoms with van der Waals surface area (Å²) in [4.78, 5) is 0. The standard InChI is InChI=1S/C12H20ClN3/c1-8(2)10-14-15-11(13)16(10)9-6-5-7-12(9,3)4/h8-9H,5-7H2,1-4H3. The van der Waals surface area contributed by atoms with E-state index in [4.69, 9.17) is 11.6 Å². The maximum absolute atomic E-state index is 6.19. The van der Waals surface area contributed by atoms with Gasteiger partial charge in [0.2, 0.25) is 5.28 Å². The lowest BCUT2D eigenvalue weighted by Crippen LogP contribution is -2.23. The summed E-state index contributed by atoms with van der Waals surface area (Å²) in [7, 11) is 0. The fourth-order valence-corrected chi connectivity index (χ4v) is 2.99. The third kappa shape index (κ3) is 1.86. The first-order valence-corrected chi connectivity index (χ1v) is 6.41. The lowest BCUT2D eigenvalue weighted by atomic mass is 9.87. The van der Waals surface area contributed by atoms with E-state index >= 15 is 0 Å². The minimum Gasteiger partial charge on any atom is -0.298 e. The molecule has 0 amide bonds. The van der Waals surface area contributed by atoms with Gasteiger partial charge in [-0.25, -0.2) is 0 Å². The predicted molar refractivity (Wildman–Crippen MR) is 65.8 cm³/mol. The predicted octanol–water partition coefficient (Wildman–Crippen LogP) is 3.81. The van der Waals surface area contributed by atoms with Crippen molar-refractivity contribution in [3.63, 3.8) is 0 Å². The van der Waals surface area contributed by atoms with Crippen LogP contribution in [0.25, 0.3) is 0 Å². The monoisotopic (exact) mass is 241 g/mol. The van der Waals surface area contributed by atoms with Crippen LogP contribution in [-0.2, 0) is 0 Å². The molecule has 1 unspecified atom stereocenters. The Morgan fingerprint density at radius 1 is 1.38 bits per heavy atom. The largest absolute Gasteiger partial charge is 0.298 e. The molecule has 0 N–H and O–H groups in total. The van der Waals surface area contributed by atoms with Gasteiger partial charge in [-0.1, -0.05) is 34.1 Å². The van der Waals surface area contributed by atoms with Gasteiger partial charge >= 0.3 is 0 Å².